The number of aromatic nitrogens is 2. The van der Waals surface area contributed by atoms with Gasteiger partial charge in [-0.2, -0.15) is 4.98 Å². The van der Waals surface area contributed by atoms with Gasteiger partial charge in [-0.25, -0.2) is 4.79 Å². The zero-order valence-electron chi connectivity index (χ0n) is 8.04. The van der Waals surface area contributed by atoms with E-state index in [9.17, 15) is 4.79 Å². The van der Waals surface area contributed by atoms with Crippen molar-refractivity contribution in [3.63, 3.8) is 0 Å². The second kappa shape index (κ2) is 3.51. The summed E-state index contributed by atoms with van der Waals surface area (Å²) in [6.45, 7) is 2.96. The Balaban J connectivity index is 2.58. The van der Waals surface area contributed by atoms with Gasteiger partial charge in [0.2, 0.25) is 0 Å². The van der Waals surface area contributed by atoms with E-state index >= 15 is 0 Å². The van der Waals surface area contributed by atoms with Crippen LogP contribution in [0.3, 0.4) is 0 Å². The van der Waals surface area contributed by atoms with Gasteiger partial charge in [0.15, 0.2) is 0 Å². The summed E-state index contributed by atoms with van der Waals surface area (Å²) in [4.78, 5) is 17.8. The Labute approximate surface area is 81.3 Å². The van der Waals surface area contributed by atoms with Crippen molar-refractivity contribution in [3.8, 4) is 0 Å². The first-order chi connectivity index (χ1) is 6.68. The molecule has 1 aromatic heterocycles. The van der Waals surface area contributed by atoms with Gasteiger partial charge >= 0.3 is 5.69 Å². The van der Waals surface area contributed by atoms with Crippen molar-refractivity contribution < 1.29 is 4.74 Å². The number of nitrogens with one attached hydrogen (secondary N) is 1. The van der Waals surface area contributed by atoms with Crippen LogP contribution in [0.15, 0.2) is 4.79 Å². The Morgan fingerprint density at radius 1 is 1.64 bits per heavy atom. The molecule has 1 aromatic rings. The summed E-state index contributed by atoms with van der Waals surface area (Å²) in [5.74, 6) is 0. The second-order valence-electron chi connectivity index (χ2n) is 3.48. The molecule has 1 unspecified atom stereocenters. The number of rotatable bonds is 1. The molecule has 5 heteroatoms. The molecular formula is C9H13N3O2. The van der Waals surface area contributed by atoms with Crippen LogP contribution in [0.4, 0.5) is 0 Å². The smallest absolute Gasteiger partial charge is 0.345 e. The summed E-state index contributed by atoms with van der Waals surface area (Å²) in [5, 5.41) is 0. The van der Waals surface area contributed by atoms with Gasteiger partial charge in [-0.05, 0) is 6.92 Å². The predicted octanol–water partition coefficient (Wildman–Crippen LogP) is -0.138. The second-order valence-corrected chi connectivity index (χ2v) is 3.48. The molecule has 0 amide bonds. The molecule has 0 aromatic carbocycles. The quantitative estimate of drug-likeness (QED) is 0.653. The van der Waals surface area contributed by atoms with E-state index in [1.54, 1.807) is 0 Å². The normalized spacial score (nSPS) is 17.6. The van der Waals surface area contributed by atoms with Gasteiger partial charge in [0.05, 0.1) is 18.9 Å². The van der Waals surface area contributed by atoms with E-state index in [1.165, 1.54) is 0 Å². The van der Waals surface area contributed by atoms with E-state index < -0.39 is 0 Å². The lowest BCUT2D eigenvalue weighted by Gasteiger charge is -2.19. The van der Waals surface area contributed by atoms with Crippen LogP contribution in [0.1, 0.15) is 29.9 Å². The van der Waals surface area contributed by atoms with E-state index in [2.05, 4.69) is 9.97 Å². The van der Waals surface area contributed by atoms with E-state index in [0.29, 0.717) is 18.9 Å². The van der Waals surface area contributed by atoms with Gasteiger partial charge in [0, 0.05) is 23.7 Å². The van der Waals surface area contributed by atoms with Crippen LogP contribution in [0.25, 0.3) is 0 Å². The molecule has 0 fully saturated rings. The minimum atomic E-state index is -0.321. The highest BCUT2D eigenvalue weighted by atomic mass is 16.5. The highest BCUT2D eigenvalue weighted by Gasteiger charge is 2.18. The lowest BCUT2D eigenvalue weighted by atomic mass is 10.0. The summed E-state index contributed by atoms with van der Waals surface area (Å²) >= 11 is 0. The van der Waals surface area contributed by atoms with Gasteiger partial charge in [-0.1, -0.05) is 0 Å². The molecule has 0 spiro atoms. The number of nitrogens with two attached hydrogens (primary N) is 1. The van der Waals surface area contributed by atoms with Gasteiger partial charge in [0.25, 0.3) is 0 Å². The topological polar surface area (TPSA) is 81.0 Å². The number of hydrogen-bond acceptors (Lipinski definition) is 4. The fourth-order valence-corrected chi connectivity index (χ4v) is 1.66. The van der Waals surface area contributed by atoms with E-state index in [4.69, 9.17) is 10.5 Å². The molecule has 0 aliphatic carbocycles. The van der Waals surface area contributed by atoms with Gasteiger partial charge in [0.1, 0.15) is 0 Å². The standard InChI is InChI=1S/C9H13N3O2/c1-5(10)8-6-4-14-3-2-7(6)11-9(13)12-8/h5H,2-4,10H2,1H3,(H,11,12,13). The average molecular weight is 195 g/mol. The summed E-state index contributed by atoms with van der Waals surface area (Å²) in [6, 6.07) is -0.229. The number of aromatic amines is 1. The maximum Gasteiger partial charge on any atom is 0.345 e. The first-order valence-corrected chi connectivity index (χ1v) is 4.64. The van der Waals surface area contributed by atoms with Gasteiger partial charge in [-0.15, -0.1) is 0 Å². The summed E-state index contributed by atoms with van der Waals surface area (Å²) in [5.41, 5.74) is 7.94. The maximum atomic E-state index is 11.2. The molecule has 0 saturated carbocycles. The third kappa shape index (κ3) is 1.56. The monoisotopic (exact) mass is 195 g/mol. The molecular weight excluding hydrogens is 182 g/mol. The molecule has 0 saturated heterocycles. The zero-order chi connectivity index (χ0) is 10.1. The van der Waals surface area contributed by atoms with Crippen LogP contribution in [0.5, 0.6) is 0 Å². The van der Waals surface area contributed by atoms with Crippen molar-refractivity contribution >= 4 is 0 Å². The van der Waals surface area contributed by atoms with Crippen LogP contribution in [-0.4, -0.2) is 16.6 Å². The first-order valence-electron chi connectivity index (χ1n) is 4.64. The highest BCUT2D eigenvalue weighted by molar-refractivity contribution is 5.27. The Morgan fingerprint density at radius 3 is 3.14 bits per heavy atom. The molecule has 2 rings (SSSR count). The van der Waals surface area contributed by atoms with Crippen molar-refractivity contribution in [1.82, 2.24) is 9.97 Å². The number of nitrogens with zero attached hydrogens (tertiary/aromatic N) is 1. The Morgan fingerprint density at radius 2 is 2.43 bits per heavy atom. The molecule has 0 radical (unpaired) electrons. The Hall–Kier alpha value is -1.20. The summed E-state index contributed by atoms with van der Waals surface area (Å²) in [6.07, 6.45) is 0.729. The molecule has 0 bridgehead atoms. The van der Waals surface area contributed by atoms with Crippen molar-refractivity contribution in [2.24, 2.45) is 5.73 Å². The van der Waals surface area contributed by atoms with Crippen LogP contribution < -0.4 is 11.4 Å². The maximum absolute atomic E-state index is 11.2. The lowest BCUT2D eigenvalue weighted by Crippen LogP contribution is -2.26. The van der Waals surface area contributed by atoms with Crippen molar-refractivity contribution in [2.75, 3.05) is 6.61 Å². The predicted molar refractivity (Wildman–Crippen MR) is 50.8 cm³/mol. The molecule has 2 heterocycles. The summed E-state index contributed by atoms with van der Waals surface area (Å²) in [7, 11) is 0. The largest absolute Gasteiger partial charge is 0.376 e. The van der Waals surface area contributed by atoms with Crippen molar-refractivity contribution in [3.05, 3.63) is 27.4 Å². The van der Waals surface area contributed by atoms with E-state index in [1.807, 2.05) is 6.92 Å². The van der Waals surface area contributed by atoms with E-state index in [0.717, 1.165) is 17.7 Å². The molecule has 1 aliphatic rings. The van der Waals surface area contributed by atoms with Crippen LogP contribution in [0.2, 0.25) is 0 Å². The lowest BCUT2D eigenvalue weighted by molar-refractivity contribution is 0.107. The minimum absolute atomic E-state index is 0.229. The Bertz CT molecular complexity index is 398. The number of hydrogen-bond donors (Lipinski definition) is 2. The highest BCUT2D eigenvalue weighted by Crippen LogP contribution is 2.19. The molecule has 1 aliphatic heterocycles. The third-order valence-corrected chi connectivity index (χ3v) is 2.33. The number of H-pyrrole nitrogens is 1. The number of fused-ring (bicyclic) bond motifs is 1. The van der Waals surface area contributed by atoms with Gasteiger partial charge < -0.3 is 15.5 Å². The molecule has 76 valence electrons. The number of ether oxygens (including phenoxy) is 1. The SMILES string of the molecule is CC(N)c1nc(=O)[nH]c2c1COCC2. The molecule has 3 N–H and O–H groups in total. The fourth-order valence-electron chi connectivity index (χ4n) is 1.66. The molecule has 14 heavy (non-hydrogen) atoms. The Kier molecular flexibility index (Phi) is 2.35. The average Bonchev–Trinajstić information content (AvgIpc) is 2.16. The third-order valence-electron chi connectivity index (χ3n) is 2.33. The van der Waals surface area contributed by atoms with Crippen molar-refractivity contribution in [2.45, 2.75) is 26.0 Å². The summed E-state index contributed by atoms with van der Waals surface area (Å²) < 4.78 is 5.31. The minimum Gasteiger partial charge on any atom is -0.376 e. The van der Waals surface area contributed by atoms with Crippen LogP contribution >= 0.6 is 0 Å². The molecule has 5 nitrogen and oxygen atoms in total. The van der Waals surface area contributed by atoms with Crippen LogP contribution in [0, 0.1) is 0 Å². The molecule has 1 atom stereocenters. The fraction of sp³-hybridized carbons (Fsp3) is 0.556. The van der Waals surface area contributed by atoms with Gasteiger partial charge in [-0.3, -0.25) is 0 Å². The first kappa shape index (κ1) is 9.36. The zero-order valence-corrected chi connectivity index (χ0v) is 8.04. The van der Waals surface area contributed by atoms with Crippen molar-refractivity contribution in [1.29, 1.82) is 0 Å². The van der Waals surface area contributed by atoms with Crippen LogP contribution in [-0.2, 0) is 17.8 Å². The van der Waals surface area contributed by atoms with E-state index in [-0.39, 0.29) is 11.7 Å².